The highest BCUT2D eigenvalue weighted by Crippen LogP contribution is 2.10. The standard InChI is InChI=1S/C19H29N5OS.HI/c1-5-20-19(23(4)13-17-14-26-16(3)22-17)21-11-6-7-12-24-15(2)9-8-10-18(24)25;/h8-10,14H,5-7,11-13H2,1-4H3,(H,20,21);1H. The molecule has 0 bridgehead atoms. The minimum Gasteiger partial charge on any atom is -0.357 e. The lowest BCUT2D eigenvalue weighted by atomic mass is 10.3. The maximum absolute atomic E-state index is 11.9. The van der Waals surface area contributed by atoms with Gasteiger partial charge in [0.1, 0.15) is 0 Å². The lowest BCUT2D eigenvalue weighted by molar-refractivity contribution is 0.469. The predicted molar refractivity (Wildman–Crippen MR) is 124 cm³/mol. The van der Waals surface area contributed by atoms with Gasteiger partial charge in [-0.25, -0.2) is 4.98 Å². The van der Waals surface area contributed by atoms with Crippen molar-refractivity contribution in [3.05, 3.63) is 50.3 Å². The van der Waals surface area contributed by atoms with Crippen LogP contribution in [0.15, 0.2) is 33.4 Å². The molecule has 2 rings (SSSR count). The van der Waals surface area contributed by atoms with Crippen molar-refractivity contribution in [1.82, 2.24) is 19.8 Å². The quantitative estimate of drug-likeness (QED) is 0.260. The summed E-state index contributed by atoms with van der Waals surface area (Å²) < 4.78 is 1.83. The van der Waals surface area contributed by atoms with Gasteiger partial charge < -0.3 is 14.8 Å². The molecule has 2 heterocycles. The van der Waals surface area contributed by atoms with Crippen LogP contribution < -0.4 is 10.9 Å². The first-order chi connectivity index (χ1) is 12.5. The monoisotopic (exact) mass is 503 g/mol. The van der Waals surface area contributed by atoms with Gasteiger partial charge in [-0.05, 0) is 39.7 Å². The zero-order valence-electron chi connectivity index (χ0n) is 16.6. The van der Waals surface area contributed by atoms with Gasteiger partial charge in [0.2, 0.25) is 0 Å². The molecule has 150 valence electrons. The van der Waals surface area contributed by atoms with Crippen LogP contribution in [0.25, 0.3) is 0 Å². The molecule has 0 aliphatic carbocycles. The molecule has 0 spiro atoms. The van der Waals surface area contributed by atoms with Gasteiger partial charge in [0.25, 0.3) is 5.56 Å². The summed E-state index contributed by atoms with van der Waals surface area (Å²) in [7, 11) is 2.03. The number of aliphatic imine (C=N–C) groups is 1. The molecule has 27 heavy (non-hydrogen) atoms. The summed E-state index contributed by atoms with van der Waals surface area (Å²) in [5.41, 5.74) is 2.15. The fourth-order valence-electron chi connectivity index (χ4n) is 2.75. The molecule has 2 aromatic rings. The number of guanidine groups is 1. The molecule has 0 amide bonds. The van der Waals surface area contributed by atoms with E-state index < -0.39 is 0 Å². The number of rotatable bonds is 8. The molecule has 0 fully saturated rings. The molecular formula is C19H30IN5OS. The van der Waals surface area contributed by atoms with Crippen molar-refractivity contribution in [3.8, 4) is 0 Å². The van der Waals surface area contributed by atoms with Crippen LogP contribution in [0.2, 0.25) is 0 Å². The average Bonchev–Trinajstić information content (AvgIpc) is 3.00. The summed E-state index contributed by atoms with van der Waals surface area (Å²) in [5.74, 6) is 0.895. The Morgan fingerprint density at radius 3 is 2.74 bits per heavy atom. The third kappa shape index (κ3) is 7.61. The van der Waals surface area contributed by atoms with E-state index in [4.69, 9.17) is 4.99 Å². The van der Waals surface area contributed by atoms with E-state index in [0.29, 0.717) is 0 Å². The normalized spacial score (nSPS) is 11.2. The van der Waals surface area contributed by atoms with Crippen molar-refractivity contribution in [1.29, 1.82) is 0 Å². The molecule has 0 aliphatic heterocycles. The largest absolute Gasteiger partial charge is 0.357 e. The third-order valence-electron chi connectivity index (χ3n) is 4.08. The Morgan fingerprint density at radius 1 is 1.33 bits per heavy atom. The van der Waals surface area contributed by atoms with E-state index in [1.165, 1.54) is 0 Å². The zero-order valence-corrected chi connectivity index (χ0v) is 19.7. The molecule has 0 saturated carbocycles. The van der Waals surface area contributed by atoms with Crippen LogP contribution in [0.3, 0.4) is 0 Å². The number of aromatic nitrogens is 2. The van der Waals surface area contributed by atoms with Crippen LogP contribution in [-0.2, 0) is 13.1 Å². The van der Waals surface area contributed by atoms with E-state index in [-0.39, 0.29) is 29.5 Å². The second-order valence-corrected chi connectivity index (χ2v) is 7.38. The van der Waals surface area contributed by atoms with Crippen LogP contribution in [0.5, 0.6) is 0 Å². The fraction of sp³-hybridized carbons (Fsp3) is 0.526. The minimum atomic E-state index is 0. The van der Waals surface area contributed by atoms with E-state index in [0.717, 1.165) is 61.4 Å². The van der Waals surface area contributed by atoms with Crippen molar-refractivity contribution in [2.75, 3.05) is 20.1 Å². The van der Waals surface area contributed by atoms with Crippen molar-refractivity contribution in [2.24, 2.45) is 4.99 Å². The van der Waals surface area contributed by atoms with E-state index in [2.05, 4.69) is 27.5 Å². The fourth-order valence-corrected chi connectivity index (χ4v) is 3.35. The summed E-state index contributed by atoms with van der Waals surface area (Å²) in [4.78, 5) is 23.2. The maximum Gasteiger partial charge on any atom is 0.250 e. The predicted octanol–water partition coefficient (Wildman–Crippen LogP) is 3.42. The molecule has 0 atom stereocenters. The Hall–Kier alpha value is -1.42. The minimum absolute atomic E-state index is 0. The van der Waals surface area contributed by atoms with Crippen LogP contribution in [0, 0.1) is 13.8 Å². The summed E-state index contributed by atoms with van der Waals surface area (Å²) in [6.07, 6.45) is 1.88. The van der Waals surface area contributed by atoms with Gasteiger partial charge >= 0.3 is 0 Å². The second-order valence-electron chi connectivity index (χ2n) is 6.31. The molecule has 0 saturated heterocycles. The molecule has 6 nitrogen and oxygen atoms in total. The van der Waals surface area contributed by atoms with E-state index in [1.54, 1.807) is 23.5 Å². The second kappa shape index (κ2) is 12.1. The van der Waals surface area contributed by atoms with Crippen LogP contribution in [0.4, 0.5) is 0 Å². The van der Waals surface area contributed by atoms with E-state index in [1.807, 2.05) is 31.5 Å². The highest BCUT2D eigenvalue weighted by Gasteiger charge is 2.08. The lowest BCUT2D eigenvalue weighted by Gasteiger charge is -2.21. The number of hydrogen-bond acceptors (Lipinski definition) is 4. The summed E-state index contributed by atoms with van der Waals surface area (Å²) >= 11 is 1.67. The van der Waals surface area contributed by atoms with Crippen molar-refractivity contribution in [2.45, 2.75) is 46.7 Å². The molecule has 0 aliphatic rings. The average molecular weight is 503 g/mol. The number of pyridine rings is 1. The number of nitrogens with one attached hydrogen (secondary N) is 1. The van der Waals surface area contributed by atoms with E-state index in [9.17, 15) is 4.79 Å². The van der Waals surface area contributed by atoms with Crippen molar-refractivity contribution < 1.29 is 0 Å². The molecule has 8 heteroatoms. The first-order valence-electron chi connectivity index (χ1n) is 9.08. The highest BCUT2D eigenvalue weighted by molar-refractivity contribution is 14.0. The lowest BCUT2D eigenvalue weighted by Crippen LogP contribution is -2.38. The van der Waals surface area contributed by atoms with Crippen molar-refractivity contribution >= 4 is 41.3 Å². The van der Waals surface area contributed by atoms with Crippen LogP contribution in [0.1, 0.15) is 36.2 Å². The highest BCUT2D eigenvalue weighted by atomic mass is 127. The molecule has 2 aromatic heterocycles. The number of unbranched alkanes of at least 4 members (excludes halogenated alkanes) is 1. The number of thiazole rings is 1. The Kier molecular flexibility index (Phi) is 10.6. The summed E-state index contributed by atoms with van der Waals surface area (Å²) in [6, 6.07) is 5.39. The Labute approximate surface area is 182 Å². The van der Waals surface area contributed by atoms with Gasteiger partial charge in [-0.1, -0.05) is 6.07 Å². The molecule has 1 N–H and O–H groups in total. The first-order valence-corrected chi connectivity index (χ1v) is 9.96. The number of nitrogens with zero attached hydrogens (tertiary/aromatic N) is 4. The summed E-state index contributed by atoms with van der Waals surface area (Å²) in [5, 5.41) is 6.51. The van der Waals surface area contributed by atoms with Gasteiger partial charge in [0, 0.05) is 43.8 Å². The topological polar surface area (TPSA) is 62.5 Å². The number of aryl methyl sites for hydroxylation is 2. The van der Waals surface area contributed by atoms with Gasteiger partial charge in [-0.15, -0.1) is 35.3 Å². The molecule has 0 unspecified atom stereocenters. The Bertz CT molecular complexity index is 786. The van der Waals surface area contributed by atoms with Gasteiger partial charge in [-0.3, -0.25) is 9.79 Å². The number of hydrogen-bond donors (Lipinski definition) is 1. The first kappa shape index (κ1) is 23.6. The van der Waals surface area contributed by atoms with Crippen molar-refractivity contribution in [3.63, 3.8) is 0 Å². The maximum atomic E-state index is 11.9. The molecule has 0 aromatic carbocycles. The SMILES string of the molecule is CCNC(=NCCCCn1c(C)cccc1=O)N(C)Cc1csc(C)n1.I. The number of halogens is 1. The van der Waals surface area contributed by atoms with E-state index >= 15 is 0 Å². The van der Waals surface area contributed by atoms with Gasteiger partial charge in [-0.2, -0.15) is 0 Å². The summed E-state index contributed by atoms with van der Waals surface area (Å²) in [6.45, 7) is 9.12. The Balaban J connectivity index is 0.00000364. The Morgan fingerprint density at radius 2 is 2.11 bits per heavy atom. The van der Waals surface area contributed by atoms with Crippen LogP contribution in [-0.4, -0.2) is 40.5 Å². The molecular weight excluding hydrogens is 473 g/mol. The van der Waals surface area contributed by atoms with Gasteiger partial charge in [0.05, 0.1) is 17.2 Å². The van der Waals surface area contributed by atoms with Crippen LogP contribution >= 0.6 is 35.3 Å². The zero-order chi connectivity index (χ0) is 18.9. The smallest absolute Gasteiger partial charge is 0.250 e. The molecule has 0 radical (unpaired) electrons. The third-order valence-corrected chi connectivity index (χ3v) is 4.90. The van der Waals surface area contributed by atoms with Gasteiger partial charge in [0.15, 0.2) is 5.96 Å².